The molecular formula is C15H22ClNO2. The van der Waals surface area contributed by atoms with Crippen molar-refractivity contribution < 1.29 is 9.47 Å². The van der Waals surface area contributed by atoms with Gasteiger partial charge in [0, 0.05) is 11.6 Å². The van der Waals surface area contributed by atoms with Gasteiger partial charge in [-0.2, -0.15) is 0 Å². The second kappa shape index (κ2) is 8.08. The minimum absolute atomic E-state index is 0.289. The summed E-state index contributed by atoms with van der Waals surface area (Å²) in [5.41, 5.74) is 3.66. The molecule has 3 nitrogen and oxygen atoms in total. The van der Waals surface area contributed by atoms with Crippen LogP contribution in [0.3, 0.4) is 0 Å². The van der Waals surface area contributed by atoms with E-state index in [1.165, 1.54) is 11.1 Å². The molecule has 1 N–H and O–H groups in total. The van der Waals surface area contributed by atoms with Crippen LogP contribution in [0.25, 0.3) is 0 Å². The van der Waals surface area contributed by atoms with Gasteiger partial charge in [0.05, 0.1) is 7.11 Å². The van der Waals surface area contributed by atoms with Crippen LogP contribution in [0.5, 0.6) is 11.5 Å². The molecule has 0 aliphatic carbocycles. The Morgan fingerprint density at radius 1 is 1.42 bits per heavy atom. The highest BCUT2D eigenvalue weighted by molar-refractivity contribution is 6.25. The third kappa shape index (κ3) is 4.77. The molecule has 0 aromatic heterocycles. The lowest BCUT2D eigenvalue weighted by Crippen LogP contribution is -2.17. The molecule has 0 bridgehead atoms. The summed E-state index contributed by atoms with van der Waals surface area (Å²) in [5.74, 6) is 1.47. The van der Waals surface area contributed by atoms with Gasteiger partial charge < -0.3 is 14.8 Å². The van der Waals surface area contributed by atoms with Crippen LogP contribution < -0.4 is 14.8 Å². The van der Waals surface area contributed by atoms with Crippen molar-refractivity contribution >= 4 is 11.6 Å². The lowest BCUT2D eigenvalue weighted by molar-refractivity contribution is 0.319. The normalized spacial score (nSPS) is 13.2. The molecule has 0 heterocycles. The van der Waals surface area contributed by atoms with Crippen LogP contribution in [-0.2, 0) is 0 Å². The van der Waals surface area contributed by atoms with E-state index >= 15 is 0 Å². The van der Waals surface area contributed by atoms with E-state index in [4.69, 9.17) is 21.1 Å². The van der Waals surface area contributed by atoms with Crippen LogP contribution in [0.1, 0.15) is 32.4 Å². The van der Waals surface area contributed by atoms with E-state index in [-0.39, 0.29) is 6.04 Å². The van der Waals surface area contributed by atoms with Gasteiger partial charge in [0.25, 0.3) is 0 Å². The van der Waals surface area contributed by atoms with Crippen LogP contribution >= 0.6 is 11.6 Å². The molecule has 0 spiro atoms. The molecule has 1 aromatic rings. The van der Waals surface area contributed by atoms with E-state index in [2.05, 4.69) is 19.2 Å². The maximum absolute atomic E-state index is 5.68. The molecule has 0 aliphatic rings. The fourth-order valence-corrected chi connectivity index (χ4v) is 1.78. The van der Waals surface area contributed by atoms with Crippen LogP contribution in [0.2, 0.25) is 0 Å². The van der Waals surface area contributed by atoms with E-state index in [0.717, 1.165) is 23.6 Å². The largest absolute Gasteiger partial charge is 0.493 e. The van der Waals surface area contributed by atoms with E-state index in [1.807, 2.05) is 25.1 Å². The van der Waals surface area contributed by atoms with Crippen molar-refractivity contribution in [3.63, 3.8) is 0 Å². The van der Waals surface area contributed by atoms with Gasteiger partial charge in [-0.1, -0.05) is 24.6 Å². The third-order valence-electron chi connectivity index (χ3n) is 2.84. The molecule has 1 aromatic carbocycles. The molecule has 1 rings (SSSR count). The Kier molecular flexibility index (Phi) is 6.74. The predicted octanol–water partition coefficient (Wildman–Crippen LogP) is 3.89. The average Bonchev–Trinajstić information content (AvgIpc) is 2.44. The zero-order chi connectivity index (χ0) is 14.3. The molecule has 0 amide bonds. The maximum Gasteiger partial charge on any atom is 0.161 e. The zero-order valence-electron chi connectivity index (χ0n) is 12.0. The van der Waals surface area contributed by atoms with E-state index in [0.29, 0.717) is 6.61 Å². The molecule has 0 fully saturated rings. The molecule has 19 heavy (non-hydrogen) atoms. The number of halogens is 1. The van der Waals surface area contributed by atoms with Crippen molar-refractivity contribution in [2.24, 2.45) is 0 Å². The van der Waals surface area contributed by atoms with Gasteiger partial charge >= 0.3 is 0 Å². The summed E-state index contributed by atoms with van der Waals surface area (Å²) >= 11 is 5.61. The van der Waals surface area contributed by atoms with Crippen molar-refractivity contribution in [2.45, 2.75) is 26.8 Å². The lowest BCUT2D eigenvalue weighted by atomic mass is 10.1. The van der Waals surface area contributed by atoms with Gasteiger partial charge in [-0.05, 0) is 43.7 Å². The Hall–Kier alpha value is -1.19. The van der Waals surface area contributed by atoms with E-state index in [9.17, 15) is 0 Å². The van der Waals surface area contributed by atoms with Crippen LogP contribution in [0, 0.1) is 0 Å². The molecule has 0 saturated carbocycles. The highest BCUT2D eigenvalue weighted by atomic mass is 35.5. The number of rotatable bonds is 7. The fraction of sp³-hybridized carbons (Fsp3) is 0.467. The molecular weight excluding hydrogens is 262 g/mol. The number of nitrogens with one attached hydrogen (secondary N) is 1. The van der Waals surface area contributed by atoms with E-state index < -0.39 is 0 Å². The summed E-state index contributed by atoms with van der Waals surface area (Å²) in [6, 6.07) is 6.27. The Bertz CT molecular complexity index is 432. The number of hydrogen-bond donors (Lipinski definition) is 1. The van der Waals surface area contributed by atoms with Gasteiger partial charge in [-0.25, -0.2) is 0 Å². The molecule has 0 aliphatic heterocycles. The number of ether oxygens (including phenoxy) is 2. The SMILES string of the molecule is CCNC(C)c1ccc(OC/C(C)=C/Cl)c(OC)c1. The van der Waals surface area contributed by atoms with Crippen LogP contribution in [-0.4, -0.2) is 20.3 Å². The molecule has 1 atom stereocenters. The van der Waals surface area contributed by atoms with Crippen LogP contribution in [0.4, 0.5) is 0 Å². The zero-order valence-corrected chi connectivity index (χ0v) is 12.8. The number of benzene rings is 1. The topological polar surface area (TPSA) is 30.5 Å². The number of hydrogen-bond acceptors (Lipinski definition) is 3. The summed E-state index contributed by atoms with van der Waals surface area (Å²) in [5, 5.41) is 3.37. The first kappa shape index (κ1) is 15.9. The monoisotopic (exact) mass is 283 g/mol. The second-order valence-electron chi connectivity index (χ2n) is 4.43. The van der Waals surface area contributed by atoms with Gasteiger partial charge in [0.2, 0.25) is 0 Å². The third-order valence-corrected chi connectivity index (χ3v) is 3.21. The second-order valence-corrected chi connectivity index (χ2v) is 4.65. The maximum atomic E-state index is 5.68. The Balaban J connectivity index is 2.84. The van der Waals surface area contributed by atoms with Crippen molar-refractivity contribution in [3.8, 4) is 11.5 Å². The minimum Gasteiger partial charge on any atom is -0.493 e. The summed E-state index contributed by atoms with van der Waals surface area (Å²) in [7, 11) is 1.65. The first-order valence-corrected chi connectivity index (χ1v) is 6.86. The van der Waals surface area contributed by atoms with Crippen molar-refractivity contribution in [3.05, 3.63) is 34.9 Å². The Morgan fingerprint density at radius 2 is 2.16 bits per heavy atom. The first-order chi connectivity index (χ1) is 9.12. The van der Waals surface area contributed by atoms with Crippen molar-refractivity contribution in [2.75, 3.05) is 20.3 Å². The highest BCUT2D eigenvalue weighted by Crippen LogP contribution is 2.30. The quantitative estimate of drug-likeness (QED) is 0.823. The minimum atomic E-state index is 0.289. The van der Waals surface area contributed by atoms with Gasteiger partial charge in [-0.15, -0.1) is 0 Å². The summed E-state index contributed by atoms with van der Waals surface area (Å²) in [6.45, 7) is 7.52. The lowest BCUT2D eigenvalue weighted by Gasteiger charge is -2.16. The van der Waals surface area contributed by atoms with Gasteiger partial charge in [0.15, 0.2) is 11.5 Å². The summed E-state index contributed by atoms with van der Waals surface area (Å²) in [4.78, 5) is 0. The van der Waals surface area contributed by atoms with Crippen molar-refractivity contribution in [1.82, 2.24) is 5.32 Å². The standard InChI is InChI=1S/C15H22ClNO2/c1-5-17-12(3)13-6-7-14(15(8-13)18-4)19-10-11(2)9-16/h6-9,12,17H,5,10H2,1-4H3/b11-9+. The molecule has 1 unspecified atom stereocenters. The summed E-state index contributed by atoms with van der Waals surface area (Å²) in [6.07, 6.45) is 0. The van der Waals surface area contributed by atoms with E-state index in [1.54, 1.807) is 7.11 Å². The van der Waals surface area contributed by atoms with Gasteiger partial charge in [0.1, 0.15) is 6.61 Å². The smallest absolute Gasteiger partial charge is 0.161 e. The Labute approximate surface area is 120 Å². The highest BCUT2D eigenvalue weighted by Gasteiger charge is 2.10. The molecule has 4 heteroatoms. The first-order valence-electron chi connectivity index (χ1n) is 6.42. The van der Waals surface area contributed by atoms with Gasteiger partial charge in [-0.3, -0.25) is 0 Å². The summed E-state index contributed by atoms with van der Waals surface area (Å²) < 4.78 is 11.1. The molecule has 0 saturated heterocycles. The average molecular weight is 284 g/mol. The van der Waals surface area contributed by atoms with Crippen LogP contribution in [0.15, 0.2) is 29.3 Å². The Morgan fingerprint density at radius 3 is 2.74 bits per heavy atom. The molecule has 106 valence electrons. The predicted molar refractivity (Wildman–Crippen MR) is 80.2 cm³/mol. The number of methoxy groups -OCH3 is 1. The fourth-order valence-electron chi connectivity index (χ4n) is 1.72. The molecule has 0 radical (unpaired) electrons. The van der Waals surface area contributed by atoms with Crippen molar-refractivity contribution in [1.29, 1.82) is 0 Å².